The fourth-order valence-electron chi connectivity index (χ4n) is 1.29. The van der Waals surface area contributed by atoms with Crippen molar-refractivity contribution in [2.45, 2.75) is 10.8 Å². The van der Waals surface area contributed by atoms with Crippen molar-refractivity contribution < 1.29 is 13.2 Å². The average molecular weight is 290 g/mol. The Balaban J connectivity index is 2.16. The minimum absolute atomic E-state index is 0.186. The van der Waals surface area contributed by atoms with Gasteiger partial charge in [0.1, 0.15) is 5.03 Å². The van der Waals surface area contributed by atoms with Gasteiger partial charge in [0.25, 0.3) is 0 Å². The fraction of sp³-hybridized carbons (Fsp3) is 0.0833. The van der Waals surface area contributed by atoms with Crippen molar-refractivity contribution >= 4 is 23.4 Å². The molecule has 0 aliphatic carbocycles. The zero-order valence-electron chi connectivity index (χ0n) is 8.96. The molecule has 1 aromatic carbocycles. The van der Waals surface area contributed by atoms with Gasteiger partial charge in [-0.2, -0.15) is 4.39 Å². The first-order valence-corrected chi connectivity index (χ1v) is 6.32. The first kappa shape index (κ1) is 13.2. The van der Waals surface area contributed by atoms with E-state index in [1.165, 1.54) is 0 Å². The molecule has 2 rings (SSSR count). The molecular weight excluding hydrogens is 283 g/mol. The third-order valence-corrected chi connectivity index (χ3v) is 3.56. The predicted molar refractivity (Wildman–Crippen MR) is 65.1 cm³/mol. The smallest absolute Gasteiger partial charge is 0.208 e. The molecule has 0 atom stereocenters. The topological polar surface area (TPSA) is 12.9 Å². The minimum Gasteiger partial charge on any atom is -0.208 e. The van der Waals surface area contributed by atoms with Crippen LogP contribution in [-0.4, -0.2) is 4.98 Å². The molecule has 0 amide bonds. The largest absolute Gasteiger partial charge is 0.250 e. The van der Waals surface area contributed by atoms with Gasteiger partial charge in [0.2, 0.25) is 5.95 Å². The van der Waals surface area contributed by atoms with E-state index in [-0.39, 0.29) is 5.03 Å². The summed E-state index contributed by atoms with van der Waals surface area (Å²) in [6.45, 7) is 0. The maximum absolute atomic E-state index is 13.3. The van der Waals surface area contributed by atoms with Crippen molar-refractivity contribution in [3.05, 3.63) is 58.5 Å². The lowest BCUT2D eigenvalue weighted by atomic mass is 10.2. The molecule has 6 heteroatoms. The average Bonchev–Trinajstić information content (AvgIpc) is 2.34. The number of hydrogen-bond donors (Lipinski definition) is 0. The van der Waals surface area contributed by atoms with Crippen LogP contribution >= 0.6 is 23.4 Å². The summed E-state index contributed by atoms with van der Waals surface area (Å²) in [5, 5.41) is 0.349. The van der Waals surface area contributed by atoms with E-state index in [4.69, 9.17) is 11.6 Å². The molecule has 0 bridgehead atoms. The van der Waals surface area contributed by atoms with Gasteiger partial charge in [-0.3, -0.25) is 0 Å². The van der Waals surface area contributed by atoms with Crippen LogP contribution in [0.3, 0.4) is 0 Å². The Bertz CT molecular complexity index is 577. The van der Waals surface area contributed by atoms with Gasteiger partial charge in [0.15, 0.2) is 11.6 Å². The maximum Gasteiger partial charge on any atom is 0.250 e. The second-order valence-electron chi connectivity index (χ2n) is 3.43. The van der Waals surface area contributed by atoms with Gasteiger partial charge in [0.05, 0.1) is 0 Å². The van der Waals surface area contributed by atoms with Crippen molar-refractivity contribution in [2.75, 3.05) is 0 Å². The van der Waals surface area contributed by atoms with Crippen molar-refractivity contribution in [3.8, 4) is 0 Å². The lowest BCUT2D eigenvalue weighted by molar-refractivity contribution is 0.448. The summed E-state index contributed by atoms with van der Waals surface area (Å²) < 4.78 is 38.9. The van der Waals surface area contributed by atoms with Gasteiger partial charge in [-0.15, -0.1) is 0 Å². The SMILES string of the molecule is Fc1cc(F)c(SCc2ccccc2Cl)nc1F. The monoisotopic (exact) mass is 289 g/mol. The summed E-state index contributed by atoms with van der Waals surface area (Å²) >= 11 is 6.89. The summed E-state index contributed by atoms with van der Waals surface area (Å²) in [5.41, 5.74) is 0.773. The number of pyridine rings is 1. The highest BCUT2D eigenvalue weighted by atomic mass is 35.5. The van der Waals surface area contributed by atoms with Crippen LogP contribution < -0.4 is 0 Å². The Morgan fingerprint density at radius 3 is 2.56 bits per heavy atom. The molecule has 0 spiro atoms. The summed E-state index contributed by atoms with van der Waals surface area (Å²) in [5.74, 6) is -3.16. The Morgan fingerprint density at radius 1 is 1.11 bits per heavy atom. The molecule has 0 radical (unpaired) electrons. The molecule has 2 aromatic rings. The van der Waals surface area contributed by atoms with E-state index in [2.05, 4.69) is 4.98 Å². The predicted octanol–water partition coefficient (Wildman–Crippen LogP) is 4.44. The summed E-state index contributed by atoms with van der Waals surface area (Å²) in [6, 6.07) is 7.51. The molecular formula is C12H7ClF3NS. The van der Waals surface area contributed by atoms with Crippen molar-refractivity contribution in [3.63, 3.8) is 0 Å². The highest BCUT2D eigenvalue weighted by molar-refractivity contribution is 7.98. The minimum atomic E-state index is -1.31. The Kier molecular flexibility index (Phi) is 4.14. The van der Waals surface area contributed by atoms with E-state index in [1.807, 2.05) is 0 Å². The number of benzene rings is 1. The molecule has 0 fully saturated rings. The molecule has 0 saturated carbocycles. The number of halogens is 4. The van der Waals surface area contributed by atoms with Gasteiger partial charge in [-0.25, -0.2) is 13.8 Å². The quantitative estimate of drug-likeness (QED) is 0.612. The molecule has 94 valence electrons. The van der Waals surface area contributed by atoms with Crippen molar-refractivity contribution in [1.82, 2.24) is 4.98 Å². The molecule has 1 nitrogen and oxygen atoms in total. The fourth-order valence-corrected chi connectivity index (χ4v) is 2.46. The normalized spacial score (nSPS) is 10.7. The molecule has 1 heterocycles. The molecule has 0 aliphatic rings. The van der Waals surface area contributed by atoms with E-state index in [0.717, 1.165) is 17.3 Å². The second-order valence-corrected chi connectivity index (χ2v) is 4.80. The zero-order valence-corrected chi connectivity index (χ0v) is 10.5. The molecule has 0 aliphatic heterocycles. The van der Waals surface area contributed by atoms with Crippen LogP contribution in [0.4, 0.5) is 13.2 Å². The molecule has 18 heavy (non-hydrogen) atoms. The molecule has 0 unspecified atom stereocenters. The number of rotatable bonds is 3. The number of hydrogen-bond acceptors (Lipinski definition) is 2. The third-order valence-electron chi connectivity index (χ3n) is 2.18. The van der Waals surface area contributed by atoms with Gasteiger partial charge in [-0.05, 0) is 11.6 Å². The third kappa shape index (κ3) is 2.97. The van der Waals surface area contributed by atoms with Gasteiger partial charge >= 0.3 is 0 Å². The maximum atomic E-state index is 13.3. The van der Waals surface area contributed by atoms with Gasteiger partial charge in [0, 0.05) is 16.8 Å². The Labute approximate surface area is 111 Å². The molecule has 0 saturated heterocycles. The van der Waals surface area contributed by atoms with E-state index < -0.39 is 17.6 Å². The van der Waals surface area contributed by atoms with Crippen LogP contribution in [0.2, 0.25) is 5.02 Å². The lowest BCUT2D eigenvalue weighted by Gasteiger charge is -2.04. The highest BCUT2D eigenvalue weighted by Crippen LogP contribution is 2.27. The van der Waals surface area contributed by atoms with E-state index >= 15 is 0 Å². The highest BCUT2D eigenvalue weighted by Gasteiger charge is 2.12. The van der Waals surface area contributed by atoms with E-state index in [0.29, 0.717) is 16.8 Å². The number of nitrogens with zero attached hydrogens (tertiary/aromatic N) is 1. The van der Waals surface area contributed by atoms with Crippen LogP contribution in [-0.2, 0) is 5.75 Å². The number of thioether (sulfide) groups is 1. The standard InChI is InChI=1S/C12H7ClF3NS/c13-8-4-2-1-3-7(8)6-18-12-10(15)5-9(14)11(16)17-12/h1-5H,6H2. The van der Waals surface area contributed by atoms with Crippen LogP contribution in [0.1, 0.15) is 5.56 Å². The van der Waals surface area contributed by atoms with Gasteiger partial charge < -0.3 is 0 Å². The molecule has 0 N–H and O–H groups in total. The zero-order chi connectivity index (χ0) is 13.1. The number of aromatic nitrogens is 1. The lowest BCUT2D eigenvalue weighted by Crippen LogP contribution is -1.96. The second kappa shape index (κ2) is 5.63. The first-order chi connectivity index (χ1) is 8.58. The summed E-state index contributed by atoms with van der Waals surface area (Å²) in [7, 11) is 0. The van der Waals surface area contributed by atoms with E-state index in [1.54, 1.807) is 24.3 Å². The van der Waals surface area contributed by atoms with Crippen molar-refractivity contribution in [2.24, 2.45) is 0 Å². The van der Waals surface area contributed by atoms with Crippen molar-refractivity contribution in [1.29, 1.82) is 0 Å². The Morgan fingerprint density at radius 2 is 1.83 bits per heavy atom. The Hall–Kier alpha value is -1.20. The molecule has 1 aromatic heterocycles. The van der Waals surface area contributed by atoms with Crippen LogP contribution in [0.25, 0.3) is 0 Å². The summed E-state index contributed by atoms with van der Waals surface area (Å²) in [4.78, 5) is 3.22. The van der Waals surface area contributed by atoms with Crippen LogP contribution in [0.5, 0.6) is 0 Å². The van der Waals surface area contributed by atoms with E-state index in [9.17, 15) is 13.2 Å². The first-order valence-electron chi connectivity index (χ1n) is 4.95. The summed E-state index contributed by atoms with van der Waals surface area (Å²) in [6.07, 6.45) is 0. The van der Waals surface area contributed by atoms with Crippen LogP contribution in [0.15, 0.2) is 35.4 Å². The van der Waals surface area contributed by atoms with Crippen LogP contribution in [0, 0.1) is 17.6 Å². The van der Waals surface area contributed by atoms with Gasteiger partial charge in [-0.1, -0.05) is 41.6 Å².